The van der Waals surface area contributed by atoms with Crippen molar-refractivity contribution in [3.63, 3.8) is 0 Å². The molecular weight excluding hydrogens is 380 g/mol. The first-order chi connectivity index (χ1) is 14.7. The van der Waals surface area contributed by atoms with Crippen molar-refractivity contribution in [2.45, 2.75) is 38.6 Å². The van der Waals surface area contributed by atoms with E-state index in [0.717, 1.165) is 55.7 Å². The van der Waals surface area contributed by atoms with Crippen molar-refractivity contribution in [2.24, 2.45) is 17.8 Å². The van der Waals surface area contributed by atoms with E-state index in [1.165, 1.54) is 25.7 Å². The summed E-state index contributed by atoms with van der Waals surface area (Å²) in [5.74, 6) is 4.72. The highest BCUT2D eigenvalue weighted by Crippen LogP contribution is 2.49. The van der Waals surface area contributed by atoms with Crippen LogP contribution < -0.4 is 4.74 Å². The number of hydrogen-bond donors (Lipinski definition) is 0. The van der Waals surface area contributed by atoms with Crippen LogP contribution in [0.3, 0.4) is 0 Å². The molecule has 2 aromatic rings. The van der Waals surface area contributed by atoms with Crippen LogP contribution >= 0.6 is 0 Å². The van der Waals surface area contributed by atoms with E-state index in [0.29, 0.717) is 30.1 Å². The fourth-order valence-corrected chi connectivity index (χ4v) is 5.50. The predicted octanol–water partition coefficient (Wildman–Crippen LogP) is 3.22. The topological polar surface area (TPSA) is 71.7 Å². The molecule has 160 valence electrons. The predicted molar refractivity (Wildman–Crippen MR) is 112 cm³/mol. The van der Waals surface area contributed by atoms with Gasteiger partial charge in [-0.1, -0.05) is 11.6 Å². The zero-order valence-electron chi connectivity index (χ0n) is 17.6. The number of fused-ring (bicyclic) bond motifs is 2. The molecule has 1 aromatic heterocycles. The average molecular weight is 411 g/mol. The number of methoxy groups -OCH3 is 1. The maximum Gasteiger partial charge on any atom is 0.241 e. The van der Waals surface area contributed by atoms with Gasteiger partial charge in [-0.05, 0) is 61.3 Å². The van der Waals surface area contributed by atoms with Crippen LogP contribution in [0.5, 0.6) is 5.75 Å². The van der Waals surface area contributed by atoms with Gasteiger partial charge in [0.15, 0.2) is 0 Å². The molecule has 2 aliphatic carbocycles. The second kappa shape index (κ2) is 8.38. The number of ether oxygens (including phenoxy) is 1. The largest absolute Gasteiger partial charge is 0.497 e. The summed E-state index contributed by atoms with van der Waals surface area (Å²) in [5.41, 5.74) is 0.904. The number of carbonyl (C=O) groups excluding carboxylic acids is 1. The molecule has 3 fully saturated rings. The summed E-state index contributed by atoms with van der Waals surface area (Å²) in [5, 5.41) is 4.11. The summed E-state index contributed by atoms with van der Waals surface area (Å²) < 4.78 is 10.6. The Balaban J connectivity index is 1.10. The highest BCUT2D eigenvalue weighted by molar-refractivity contribution is 5.76. The summed E-state index contributed by atoms with van der Waals surface area (Å²) in [4.78, 5) is 21.6. The summed E-state index contributed by atoms with van der Waals surface area (Å²) in [6.45, 7) is 3.90. The Hall–Kier alpha value is -2.41. The first-order valence-electron chi connectivity index (χ1n) is 11.1. The standard InChI is InChI=1S/C23H30N4O3/c1-29-20-6-4-17(5-7-20)23-24-21(30-25-23)15-26-8-10-27(11-9-26)22(28)14-19-13-16-2-3-18(19)12-16/h4-7,16,18-19H,2-3,8-15H2,1H3. The zero-order chi connectivity index (χ0) is 20.5. The van der Waals surface area contributed by atoms with E-state index >= 15 is 0 Å². The van der Waals surface area contributed by atoms with E-state index in [1.807, 2.05) is 24.3 Å². The molecule has 7 nitrogen and oxygen atoms in total. The van der Waals surface area contributed by atoms with Crippen molar-refractivity contribution in [3.8, 4) is 17.1 Å². The lowest BCUT2D eigenvalue weighted by molar-refractivity contribution is -0.134. The minimum Gasteiger partial charge on any atom is -0.497 e. The Bertz CT molecular complexity index is 873. The van der Waals surface area contributed by atoms with E-state index < -0.39 is 0 Å². The molecule has 0 spiro atoms. The zero-order valence-corrected chi connectivity index (χ0v) is 17.6. The van der Waals surface area contributed by atoms with Crippen molar-refractivity contribution in [1.82, 2.24) is 19.9 Å². The minimum absolute atomic E-state index is 0.354. The van der Waals surface area contributed by atoms with Gasteiger partial charge in [-0.25, -0.2) is 0 Å². The quantitative estimate of drug-likeness (QED) is 0.728. The van der Waals surface area contributed by atoms with Gasteiger partial charge < -0.3 is 14.2 Å². The second-order valence-corrected chi connectivity index (χ2v) is 9.04. The van der Waals surface area contributed by atoms with Gasteiger partial charge in [0.05, 0.1) is 13.7 Å². The van der Waals surface area contributed by atoms with Crippen LogP contribution in [-0.2, 0) is 11.3 Å². The van der Waals surface area contributed by atoms with E-state index in [9.17, 15) is 4.79 Å². The number of carbonyl (C=O) groups is 1. The van der Waals surface area contributed by atoms with Crippen molar-refractivity contribution in [1.29, 1.82) is 0 Å². The molecule has 2 heterocycles. The van der Waals surface area contributed by atoms with Gasteiger partial charge >= 0.3 is 0 Å². The number of hydrogen-bond acceptors (Lipinski definition) is 6. The van der Waals surface area contributed by atoms with Crippen LogP contribution in [0.2, 0.25) is 0 Å². The van der Waals surface area contributed by atoms with Crippen LogP contribution in [-0.4, -0.2) is 59.1 Å². The van der Waals surface area contributed by atoms with E-state index in [4.69, 9.17) is 9.26 Å². The molecule has 1 aliphatic heterocycles. The van der Waals surface area contributed by atoms with Gasteiger partial charge in [-0.2, -0.15) is 4.98 Å². The number of rotatable bonds is 6. The number of benzene rings is 1. The van der Waals surface area contributed by atoms with Crippen LogP contribution in [0.4, 0.5) is 0 Å². The fraction of sp³-hybridized carbons (Fsp3) is 0.609. The maximum absolute atomic E-state index is 12.8. The van der Waals surface area contributed by atoms with Crippen LogP contribution in [0.25, 0.3) is 11.4 Å². The van der Waals surface area contributed by atoms with Crippen LogP contribution in [0.15, 0.2) is 28.8 Å². The molecule has 3 atom stereocenters. The van der Waals surface area contributed by atoms with E-state index in [1.54, 1.807) is 7.11 Å². The molecule has 3 unspecified atom stereocenters. The fourth-order valence-electron chi connectivity index (χ4n) is 5.50. The summed E-state index contributed by atoms with van der Waals surface area (Å²) in [6, 6.07) is 7.62. The Morgan fingerprint density at radius 2 is 1.93 bits per heavy atom. The normalized spacial score (nSPS) is 26.3. The Morgan fingerprint density at radius 3 is 2.60 bits per heavy atom. The lowest BCUT2D eigenvalue weighted by Crippen LogP contribution is -2.48. The molecule has 1 saturated heterocycles. The van der Waals surface area contributed by atoms with Crippen molar-refractivity contribution in [2.75, 3.05) is 33.3 Å². The average Bonchev–Trinajstić information content (AvgIpc) is 3.52. The molecule has 3 aliphatic rings. The van der Waals surface area contributed by atoms with Gasteiger partial charge in [0.25, 0.3) is 0 Å². The summed E-state index contributed by atoms with van der Waals surface area (Å²) in [6.07, 6.45) is 6.15. The molecule has 0 N–H and O–H groups in total. The van der Waals surface area contributed by atoms with Crippen molar-refractivity contribution in [3.05, 3.63) is 30.2 Å². The third kappa shape index (κ3) is 4.08. The Labute approximate surface area is 177 Å². The number of nitrogens with zero attached hydrogens (tertiary/aromatic N) is 4. The Morgan fingerprint density at radius 1 is 1.13 bits per heavy atom. The second-order valence-electron chi connectivity index (χ2n) is 9.04. The van der Waals surface area contributed by atoms with Gasteiger partial charge in [0, 0.05) is 38.2 Å². The first-order valence-corrected chi connectivity index (χ1v) is 11.1. The maximum atomic E-state index is 12.8. The summed E-state index contributed by atoms with van der Waals surface area (Å²) >= 11 is 0. The highest BCUT2D eigenvalue weighted by atomic mass is 16.5. The number of aromatic nitrogens is 2. The molecule has 5 rings (SSSR count). The number of piperazine rings is 1. The minimum atomic E-state index is 0.354. The van der Waals surface area contributed by atoms with Crippen molar-refractivity contribution >= 4 is 5.91 Å². The molecule has 7 heteroatoms. The molecule has 1 aromatic carbocycles. The first kappa shape index (κ1) is 19.5. The van der Waals surface area contributed by atoms with E-state index in [2.05, 4.69) is 19.9 Å². The lowest BCUT2D eigenvalue weighted by atomic mass is 9.86. The van der Waals surface area contributed by atoms with Gasteiger partial charge in [0.2, 0.25) is 17.6 Å². The SMILES string of the molecule is COc1ccc(-c2noc(CN3CCN(C(=O)CC4CC5CCC4C5)CC3)n2)cc1. The summed E-state index contributed by atoms with van der Waals surface area (Å²) in [7, 11) is 1.65. The number of amides is 1. The molecule has 2 saturated carbocycles. The monoisotopic (exact) mass is 410 g/mol. The van der Waals surface area contributed by atoms with Crippen molar-refractivity contribution < 1.29 is 14.1 Å². The van der Waals surface area contributed by atoms with Crippen LogP contribution in [0, 0.1) is 17.8 Å². The van der Waals surface area contributed by atoms with Crippen LogP contribution in [0.1, 0.15) is 38.0 Å². The van der Waals surface area contributed by atoms with Gasteiger partial charge in [-0.15, -0.1) is 0 Å². The third-order valence-electron chi connectivity index (χ3n) is 7.22. The third-order valence-corrected chi connectivity index (χ3v) is 7.22. The molecule has 0 radical (unpaired) electrons. The molecule has 30 heavy (non-hydrogen) atoms. The smallest absolute Gasteiger partial charge is 0.241 e. The highest BCUT2D eigenvalue weighted by Gasteiger charge is 2.40. The van der Waals surface area contributed by atoms with E-state index in [-0.39, 0.29) is 0 Å². The van der Waals surface area contributed by atoms with Gasteiger partial charge in [0.1, 0.15) is 5.75 Å². The molecule has 1 amide bonds. The molecular formula is C23H30N4O3. The van der Waals surface area contributed by atoms with Gasteiger partial charge in [-0.3, -0.25) is 9.69 Å². The Kier molecular flexibility index (Phi) is 5.46. The molecule has 2 bridgehead atoms. The lowest BCUT2D eigenvalue weighted by Gasteiger charge is -2.35.